The van der Waals surface area contributed by atoms with Crippen LogP contribution < -0.4 is 21.0 Å². The molecule has 1 aromatic rings. The molecule has 0 aliphatic rings. The van der Waals surface area contributed by atoms with Crippen molar-refractivity contribution >= 4 is 17.5 Å². The van der Waals surface area contributed by atoms with Crippen molar-refractivity contribution in [3.05, 3.63) is 33.1 Å². The minimum absolute atomic E-state index is 0.207. The van der Waals surface area contributed by atoms with Gasteiger partial charge in [0.2, 0.25) is 0 Å². The monoisotopic (exact) mass is 340 g/mol. The van der Waals surface area contributed by atoms with Crippen LogP contribution in [0.15, 0.2) is 21.9 Å². The Labute approximate surface area is 140 Å². The summed E-state index contributed by atoms with van der Waals surface area (Å²) in [4.78, 5) is 39.2. The first-order valence-electron chi connectivity index (χ1n) is 7.34. The number of hydrogen-bond donors (Lipinski definition) is 0. The Morgan fingerprint density at radius 2 is 1.83 bits per heavy atom. The molecule has 0 N–H and O–H groups in total. The summed E-state index contributed by atoms with van der Waals surface area (Å²) < 4.78 is 12.3. The molecule has 0 fully saturated rings. The van der Waals surface area contributed by atoms with Crippen LogP contribution in [-0.2, 0) is 28.4 Å². The molecule has 134 valence electrons. The molecule has 0 aliphatic heterocycles. The Morgan fingerprint density at radius 3 is 2.38 bits per heavy atom. The van der Waals surface area contributed by atoms with Gasteiger partial charge in [-0.3, -0.25) is 13.9 Å². The van der Waals surface area contributed by atoms with E-state index in [-0.39, 0.29) is 12.4 Å². The lowest BCUT2D eigenvalue weighted by Crippen LogP contribution is -2.43. The van der Waals surface area contributed by atoms with E-state index in [1.54, 1.807) is 26.0 Å². The molecular weight excluding hydrogens is 316 g/mol. The van der Waals surface area contributed by atoms with Crippen LogP contribution in [0.3, 0.4) is 0 Å². The number of esters is 1. The number of rotatable bonds is 7. The lowest BCUT2D eigenvalue weighted by atomic mass is 10.3. The van der Waals surface area contributed by atoms with Crippen LogP contribution in [0.4, 0.5) is 11.5 Å². The van der Waals surface area contributed by atoms with Gasteiger partial charge in [0.15, 0.2) is 0 Å². The molecule has 0 aromatic carbocycles. The minimum atomic E-state index is -0.548. The molecule has 0 bridgehead atoms. The maximum atomic E-state index is 12.6. The zero-order chi connectivity index (χ0) is 18.4. The molecule has 0 radical (unpaired) electrons. The third kappa shape index (κ3) is 4.05. The fourth-order valence-electron chi connectivity index (χ4n) is 2.17. The topological polar surface area (TPSA) is 86.0 Å². The summed E-state index contributed by atoms with van der Waals surface area (Å²) in [6.45, 7) is 2.55. The number of aromatic nitrogens is 2. The van der Waals surface area contributed by atoms with Crippen molar-refractivity contribution in [2.45, 2.75) is 6.92 Å². The maximum absolute atomic E-state index is 12.6. The minimum Gasteiger partial charge on any atom is -0.466 e. The zero-order valence-electron chi connectivity index (χ0n) is 14.9. The van der Waals surface area contributed by atoms with Gasteiger partial charge in [-0.1, -0.05) is 0 Å². The summed E-state index contributed by atoms with van der Waals surface area (Å²) in [5.41, 5.74) is -0.692. The Balaban J connectivity index is 3.51. The molecule has 1 rings (SSSR count). The molecule has 24 heavy (non-hydrogen) atoms. The van der Waals surface area contributed by atoms with E-state index >= 15 is 0 Å². The summed E-state index contributed by atoms with van der Waals surface area (Å²) in [5.74, 6) is -0.165. The summed E-state index contributed by atoms with van der Waals surface area (Å²) in [7, 11) is 7.56. The molecule has 0 saturated carbocycles. The van der Waals surface area contributed by atoms with Gasteiger partial charge in [0.05, 0.1) is 7.11 Å². The highest BCUT2D eigenvalue weighted by atomic mass is 16.5. The first kappa shape index (κ1) is 19.5. The highest BCUT2D eigenvalue weighted by molar-refractivity contribution is 5.82. The third-order valence-electron chi connectivity index (χ3n) is 3.45. The van der Waals surface area contributed by atoms with E-state index in [0.29, 0.717) is 12.4 Å². The van der Waals surface area contributed by atoms with Crippen LogP contribution in [0, 0.1) is 0 Å². The first-order chi connectivity index (χ1) is 11.3. The largest absolute Gasteiger partial charge is 0.466 e. The van der Waals surface area contributed by atoms with E-state index in [1.165, 1.54) is 35.9 Å². The predicted molar refractivity (Wildman–Crippen MR) is 91.4 cm³/mol. The summed E-state index contributed by atoms with van der Waals surface area (Å²) in [6.07, 6.45) is 2.60. The molecule has 1 aromatic heterocycles. The fourth-order valence-corrected chi connectivity index (χ4v) is 2.17. The third-order valence-corrected chi connectivity index (χ3v) is 3.45. The molecule has 0 unspecified atom stereocenters. The number of nitrogens with zero attached hydrogens (tertiary/aromatic N) is 4. The van der Waals surface area contributed by atoms with E-state index in [9.17, 15) is 14.4 Å². The SMILES string of the molecule is CCOCN(C)c1c(N(C)/C=C/C(=O)OC)c(=O)n(C)c(=O)n1C. The lowest BCUT2D eigenvalue weighted by Gasteiger charge is -2.27. The molecule has 0 aliphatic carbocycles. The second-order valence-corrected chi connectivity index (χ2v) is 5.15. The van der Waals surface area contributed by atoms with Crippen molar-refractivity contribution in [3.63, 3.8) is 0 Å². The molecule has 0 saturated heterocycles. The number of carbonyl (C=O) groups excluding carboxylic acids is 1. The Morgan fingerprint density at radius 1 is 1.21 bits per heavy atom. The Bertz CT molecular complexity index is 735. The van der Waals surface area contributed by atoms with Crippen LogP contribution in [0.1, 0.15) is 6.92 Å². The standard InChI is InChI=1S/C15H24N4O5/c1-7-24-10-17(3)13-12(16(2)9-8-11(20)23-6)14(21)19(5)15(22)18(13)4/h8-9H,7,10H2,1-6H3/b9-8+. The molecule has 0 amide bonds. The highest BCUT2D eigenvalue weighted by Gasteiger charge is 2.21. The number of anilines is 2. The lowest BCUT2D eigenvalue weighted by molar-refractivity contribution is -0.134. The van der Waals surface area contributed by atoms with E-state index < -0.39 is 17.2 Å². The van der Waals surface area contributed by atoms with Crippen LogP contribution in [-0.4, -0.2) is 49.6 Å². The highest BCUT2D eigenvalue weighted by Crippen LogP contribution is 2.22. The van der Waals surface area contributed by atoms with Crippen LogP contribution in [0.25, 0.3) is 0 Å². The maximum Gasteiger partial charge on any atom is 0.332 e. The van der Waals surface area contributed by atoms with Gasteiger partial charge in [-0.05, 0) is 6.92 Å². The van der Waals surface area contributed by atoms with Gasteiger partial charge in [0.25, 0.3) is 5.56 Å². The predicted octanol–water partition coefficient (Wildman–Crippen LogP) is -0.363. The number of ether oxygens (including phenoxy) is 2. The molecule has 1 heterocycles. The van der Waals surface area contributed by atoms with Gasteiger partial charge in [-0.2, -0.15) is 0 Å². The molecule has 0 spiro atoms. The average molecular weight is 340 g/mol. The van der Waals surface area contributed by atoms with Crippen molar-refractivity contribution in [1.82, 2.24) is 9.13 Å². The molecule has 9 nitrogen and oxygen atoms in total. The number of hydrogen-bond acceptors (Lipinski definition) is 7. The van der Waals surface area contributed by atoms with Gasteiger partial charge < -0.3 is 19.3 Å². The van der Waals surface area contributed by atoms with E-state index in [1.807, 2.05) is 6.92 Å². The van der Waals surface area contributed by atoms with Crippen molar-refractivity contribution in [1.29, 1.82) is 0 Å². The molecule has 0 atom stereocenters. The van der Waals surface area contributed by atoms with E-state index in [2.05, 4.69) is 4.74 Å². The zero-order valence-corrected chi connectivity index (χ0v) is 14.9. The second kappa shape index (κ2) is 8.34. The van der Waals surface area contributed by atoms with Gasteiger partial charge in [-0.25, -0.2) is 9.59 Å². The first-order valence-corrected chi connectivity index (χ1v) is 7.34. The summed E-state index contributed by atoms with van der Waals surface area (Å²) in [5, 5.41) is 0. The molecule has 9 heteroatoms. The van der Waals surface area contributed by atoms with Gasteiger partial charge in [-0.15, -0.1) is 0 Å². The smallest absolute Gasteiger partial charge is 0.332 e. The van der Waals surface area contributed by atoms with Gasteiger partial charge in [0.1, 0.15) is 18.2 Å². The van der Waals surface area contributed by atoms with Crippen LogP contribution in [0.5, 0.6) is 0 Å². The van der Waals surface area contributed by atoms with Crippen molar-refractivity contribution < 1.29 is 14.3 Å². The quantitative estimate of drug-likeness (QED) is 0.380. The van der Waals surface area contributed by atoms with Crippen LogP contribution >= 0.6 is 0 Å². The van der Waals surface area contributed by atoms with Gasteiger partial charge >= 0.3 is 11.7 Å². The normalized spacial score (nSPS) is 10.9. The number of carbonyl (C=O) groups is 1. The van der Waals surface area contributed by atoms with E-state index in [4.69, 9.17) is 4.74 Å². The Kier molecular flexibility index (Phi) is 6.78. The average Bonchev–Trinajstić information content (AvgIpc) is 2.57. The fraction of sp³-hybridized carbons (Fsp3) is 0.533. The van der Waals surface area contributed by atoms with Crippen molar-refractivity contribution in [2.75, 3.05) is 44.3 Å². The molecular formula is C15H24N4O5. The van der Waals surface area contributed by atoms with Crippen LogP contribution in [0.2, 0.25) is 0 Å². The number of methoxy groups -OCH3 is 1. The Hall–Kier alpha value is -2.55. The second-order valence-electron chi connectivity index (χ2n) is 5.15. The van der Waals surface area contributed by atoms with Gasteiger partial charge in [0, 0.05) is 47.1 Å². The summed E-state index contributed by atoms with van der Waals surface area (Å²) >= 11 is 0. The van der Waals surface area contributed by atoms with Crippen molar-refractivity contribution in [3.8, 4) is 0 Å². The van der Waals surface area contributed by atoms with E-state index in [0.717, 1.165) is 4.57 Å². The van der Waals surface area contributed by atoms with Crippen molar-refractivity contribution in [2.24, 2.45) is 14.1 Å². The summed E-state index contributed by atoms with van der Waals surface area (Å²) in [6, 6.07) is 0.